The molecule has 3 aromatic rings. The van der Waals surface area contributed by atoms with Crippen molar-refractivity contribution in [1.82, 2.24) is 15.2 Å². The molecule has 4 nitrogen and oxygen atoms in total. The lowest BCUT2D eigenvalue weighted by Gasteiger charge is -2.10. The molecule has 2 heterocycles. The summed E-state index contributed by atoms with van der Waals surface area (Å²) in [6.45, 7) is 4.04. The van der Waals surface area contributed by atoms with Gasteiger partial charge in [-0.2, -0.15) is 0 Å². The Morgan fingerprint density at radius 2 is 2.05 bits per heavy atom. The Morgan fingerprint density at radius 3 is 2.70 bits per heavy atom. The highest BCUT2D eigenvalue weighted by atomic mass is 32.1. The van der Waals surface area contributed by atoms with Crippen molar-refractivity contribution in [3.63, 3.8) is 0 Å². The van der Waals surface area contributed by atoms with Crippen molar-refractivity contribution in [3.8, 4) is 10.6 Å². The minimum atomic E-state index is -0.330. The van der Waals surface area contributed by atoms with Crippen molar-refractivity contribution < 1.29 is 4.39 Å². The van der Waals surface area contributed by atoms with Crippen molar-refractivity contribution in [1.29, 1.82) is 0 Å². The SMILES string of the molecule is CC(C)c1cc(-c2nnc(N)s2)c2cccc(F)c2n1. The topological polar surface area (TPSA) is 64.7 Å². The molecular formula is C14H13FN4S. The van der Waals surface area contributed by atoms with E-state index in [2.05, 4.69) is 15.2 Å². The maximum atomic E-state index is 14.0. The van der Waals surface area contributed by atoms with Crippen molar-refractivity contribution in [2.45, 2.75) is 19.8 Å². The normalized spacial score (nSPS) is 11.4. The summed E-state index contributed by atoms with van der Waals surface area (Å²) in [5.41, 5.74) is 7.66. The fourth-order valence-electron chi connectivity index (χ4n) is 2.05. The number of pyridine rings is 1. The molecule has 20 heavy (non-hydrogen) atoms. The Balaban J connectivity index is 2.36. The minimum absolute atomic E-state index is 0.197. The molecule has 0 radical (unpaired) electrons. The van der Waals surface area contributed by atoms with Gasteiger partial charge in [-0.25, -0.2) is 9.37 Å². The van der Waals surface area contributed by atoms with Crippen molar-refractivity contribution in [2.75, 3.05) is 5.73 Å². The van der Waals surface area contributed by atoms with Gasteiger partial charge in [-0.05, 0) is 18.1 Å². The average Bonchev–Trinajstić information content (AvgIpc) is 2.84. The number of nitrogens with zero attached hydrogens (tertiary/aromatic N) is 3. The maximum absolute atomic E-state index is 14.0. The molecule has 0 saturated carbocycles. The zero-order chi connectivity index (χ0) is 14.3. The van der Waals surface area contributed by atoms with Gasteiger partial charge < -0.3 is 5.73 Å². The van der Waals surface area contributed by atoms with E-state index in [0.29, 0.717) is 15.7 Å². The van der Waals surface area contributed by atoms with Gasteiger partial charge in [0.05, 0.1) is 0 Å². The maximum Gasteiger partial charge on any atom is 0.203 e. The molecule has 0 unspecified atom stereocenters. The number of hydrogen-bond acceptors (Lipinski definition) is 5. The highest BCUT2D eigenvalue weighted by molar-refractivity contribution is 7.18. The number of nitrogens with two attached hydrogens (primary N) is 1. The highest BCUT2D eigenvalue weighted by Gasteiger charge is 2.15. The Kier molecular flexibility index (Phi) is 3.10. The molecule has 2 N–H and O–H groups in total. The van der Waals surface area contributed by atoms with E-state index in [1.165, 1.54) is 17.4 Å². The first kappa shape index (κ1) is 12.9. The minimum Gasteiger partial charge on any atom is -0.374 e. The molecular weight excluding hydrogens is 275 g/mol. The predicted octanol–water partition coefficient (Wildman–Crippen LogP) is 3.60. The van der Waals surface area contributed by atoms with Crippen LogP contribution in [0.2, 0.25) is 0 Å². The first-order valence-electron chi connectivity index (χ1n) is 6.25. The van der Waals surface area contributed by atoms with E-state index in [1.807, 2.05) is 26.0 Å². The third kappa shape index (κ3) is 2.12. The zero-order valence-electron chi connectivity index (χ0n) is 11.1. The molecule has 1 aromatic carbocycles. The number of aromatic nitrogens is 3. The molecule has 0 aliphatic rings. The Morgan fingerprint density at radius 1 is 1.25 bits per heavy atom. The number of fused-ring (bicyclic) bond motifs is 1. The first-order valence-corrected chi connectivity index (χ1v) is 7.06. The number of halogens is 1. The summed E-state index contributed by atoms with van der Waals surface area (Å²) in [4.78, 5) is 4.42. The molecule has 3 rings (SSSR count). The van der Waals surface area contributed by atoms with E-state index in [1.54, 1.807) is 6.07 Å². The number of para-hydroxylation sites is 1. The van der Waals surface area contributed by atoms with Crippen LogP contribution < -0.4 is 5.73 Å². The van der Waals surface area contributed by atoms with Crippen LogP contribution >= 0.6 is 11.3 Å². The second kappa shape index (κ2) is 4.79. The van der Waals surface area contributed by atoms with Crippen LogP contribution in [0.4, 0.5) is 9.52 Å². The van der Waals surface area contributed by atoms with Crippen LogP contribution in [0.25, 0.3) is 21.5 Å². The van der Waals surface area contributed by atoms with Crippen molar-refractivity contribution in [3.05, 3.63) is 35.8 Å². The summed E-state index contributed by atoms with van der Waals surface area (Å²) in [7, 11) is 0. The molecule has 0 atom stereocenters. The molecule has 0 fully saturated rings. The van der Waals surface area contributed by atoms with Crippen molar-refractivity contribution in [2.24, 2.45) is 0 Å². The predicted molar refractivity (Wildman–Crippen MR) is 79.1 cm³/mol. The summed E-state index contributed by atoms with van der Waals surface area (Å²) in [5.74, 6) is -0.133. The van der Waals surface area contributed by atoms with Gasteiger partial charge in [-0.15, -0.1) is 10.2 Å². The Hall–Kier alpha value is -2.08. The molecule has 0 amide bonds. The van der Waals surface area contributed by atoms with Gasteiger partial charge in [-0.3, -0.25) is 0 Å². The third-order valence-corrected chi connectivity index (χ3v) is 3.86. The van der Waals surface area contributed by atoms with E-state index in [4.69, 9.17) is 5.73 Å². The van der Waals surface area contributed by atoms with E-state index < -0.39 is 0 Å². The first-order chi connectivity index (χ1) is 9.56. The van der Waals surface area contributed by atoms with E-state index in [9.17, 15) is 4.39 Å². The van der Waals surface area contributed by atoms with Gasteiger partial charge in [0.2, 0.25) is 5.13 Å². The quantitative estimate of drug-likeness (QED) is 0.782. The largest absolute Gasteiger partial charge is 0.374 e. The van der Waals surface area contributed by atoms with E-state index in [0.717, 1.165) is 16.6 Å². The van der Waals surface area contributed by atoms with Crippen molar-refractivity contribution >= 4 is 27.4 Å². The number of nitrogen functional groups attached to an aromatic ring is 1. The summed E-state index contributed by atoms with van der Waals surface area (Å²) in [5, 5.41) is 9.69. The van der Waals surface area contributed by atoms with E-state index in [-0.39, 0.29) is 11.7 Å². The van der Waals surface area contributed by atoms with Gasteiger partial charge in [0.1, 0.15) is 16.3 Å². The Labute approximate surface area is 119 Å². The fourth-order valence-corrected chi connectivity index (χ4v) is 2.69. The van der Waals surface area contributed by atoms with Gasteiger partial charge in [-0.1, -0.05) is 37.3 Å². The lowest BCUT2D eigenvalue weighted by atomic mass is 10.0. The van der Waals surface area contributed by atoms with E-state index >= 15 is 0 Å². The second-order valence-corrected chi connectivity index (χ2v) is 5.84. The monoisotopic (exact) mass is 288 g/mol. The average molecular weight is 288 g/mol. The number of anilines is 1. The summed E-state index contributed by atoms with van der Waals surface area (Å²) in [6.07, 6.45) is 0. The lowest BCUT2D eigenvalue weighted by molar-refractivity contribution is 0.635. The van der Waals surface area contributed by atoms with Crippen LogP contribution in [0.3, 0.4) is 0 Å². The van der Waals surface area contributed by atoms with Gasteiger partial charge in [0, 0.05) is 16.6 Å². The number of hydrogen-bond donors (Lipinski definition) is 1. The number of benzene rings is 1. The molecule has 2 aromatic heterocycles. The fraction of sp³-hybridized carbons (Fsp3) is 0.214. The number of rotatable bonds is 2. The smallest absolute Gasteiger partial charge is 0.203 e. The van der Waals surface area contributed by atoms with Crippen LogP contribution in [0.5, 0.6) is 0 Å². The van der Waals surface area contributed by atoms with Gasteiger partial charge in [0.15, 0.2) is 0 Å². The summed E-state index contributed by atoms with van der Waals surface area (Å²) in [6, 6.07) is 6.86. The molecule has 0 spiro atoms. The van der Waals surface area contributed by atoms with Gasteiger partial charge in [0.25, 0.3) is 0 Å². The molecule has 0 aliphatic carbocycles. The molecule has 0 saturated heterocycles. The Bertz CT molecular complexity index is 782. The molecule has 0 bridgehead atoms. The molecule has 102 valence electrons. The van der Waals surface area contributed by atoms with Crippen LogP contribution in [-0.4, -0.2) is 15.2 Å². The summed E-state index contributed by atoms with van der Waals surface area (Å²) < 4.78 is 14.0. The summed E-state index contributed by atoms with van der Waals surface area (Å²) >= 11 is 1.29. The third-order valence-electron chi connectivity index (χ3n) is 3.07. The van der Waals surface area contributed by atoms with Crippen LogP contribution in [0.1, 0.15) is 25.5 Å². The zero-order valence-corrected chi connectivity index (χ0v) is 11.9. The van der Waals surface area contributed by atoms with Crippen LogP contribution in [0, 0.1) is 5.82 Å². The second-order valence-electron chi connectivity index (χ2n) is 4.83. The van der Waals surface area contributed by atoms with Crippen LogP contribution in [0.15, 0.2) is 24.3 Å². The highest BCUT2D eigenvalue weighted by Crippen LogP contribution is 2.33. The standard InChI is InChI=1S/C14H13FN4S/c1-7(2)11-6-9(13-18-19-14(16)20-13)8-4-3-5-10(15)12(8)17-11/h3-7H,1-2H3,(H2,16,19). The molecule has 6 heteroatoms. The lowest BCUT2D eigenvalue weighted by Crippen LogP contribution is -1.97. The molecule has 0 aliphatic heterocycles. The van der Waals surface area contributed by atoms with Crippen LogP contribution in [-0.2, 0) is 0 Å². The van der Waals surface area contributed by atoms with Gasteiger partial charge >= 0.3 is 0 Å².